The molecule has 0 aromatic heterocycles. The molecule has 1 aliphatic heterocycles. The molecule has 1 fully saturated rings. The fourth-order valence-corrected chi connectivity index (χ4v) is 3.74. The minimum Gasteiger partial charge on any atom is -0.394 e. The maximum absolute atomic E-state index is 12.3. The molecule has 1 rings (SSSR count). The van der Waals surface area contributed by atoms with E-state index in [0.29, 0.717) is 19.7 Å². The van der Waals surface area contributed by atoms with E-state index in [1.165, 1.54) is 8.61 Å². The molecule has 0 aromatic carbocycles. The summed E-state index contributed by atoms with van der Waals surface area (Å²) >= 11 is 0. The predicted octanol–water partition coefficient (Wildman–Crippen LogP) is -0.345. The summed E-state index contributed by atoms with van der Waals surface area (Å²) in [5, 5.41) is 9.05. The van der Waals surface area contributed by atoms with Crippen molar-refractivity contribution in [1.82, 2.24) is 8.61 Å². The standard InChI is InChI=1S/C10H22N2O4S/c1-4-11(5-2)17(14,15)12-6-10(7-13)16-8-9(12)3/h9-10,13H,4-8H2,1-3H3. The van der Waals surface area contributed by atoms with E-state index in [-0.39, 0.29) is 19.2 Å². The zero-order valence-electron chi connectivity index (χ0n) is 10.7. The van der Waals surface area contributed by atoms with Crippen molar-refractivity contribution < 1.29 is 18.3 Å². The van der Waals surface area contributed by atoms with Crippen molar-refractivity contribution in [2.45, 2.75) is 32.9 Å². The molecule has 7 heteroatoms. The molecule has 1 heterocycles. The number of hydrogen-bond donors (Lipinski definition) is 1. The normalized spacial score (nSPS) is 27.6. The maximum Gasteiger partial charge on any atom is 0.282 e. The molecule has 0 spiro atoms. The van der Waals surface area contributed by atoms with Crippen LogP contribution in [0.4, 0.5) is 0 Å². The van der Waals surface area contributed by atoms with Gasteiger partial charge in [0.25, 0.3) is 10.2 Å². The molecular formula is C10H22N2O4S. The van der Waals surface area contributed by atoms with E-state index in [1.54, 1.807) is 0 Å². The predicted molar refractivity (Wildman–Crippen MR) is 64.8 cm³/mol. The third-order valence-corrected chi connectivity index (χ3v) is 5.25. The number of nitrogens with zero attached hydrogens (tertiary/aromatic N) is 2. The lowest BCUT2D eigenvalue weighted by Crippen LogP contribution is -2.56. The first-order chi connectivity index (χ1) is 7.97. The fourth-order valence-electron chi connectivity index (χ4n) is 1.92. The van der Waals surface area contributed by atoms with Gasteiger partial charge in [0.05, 0.1) is 19.3 Å². The third kappa shape index (κ3) is 3.17. The van der Waals surface area contributed by atoms with Crippen molar-refractivity contribution in [3.8, 4) is 0 Å². The number of ether oxygens (including phenoxy) is 1. The van der Waals surface area contributed by atoms with Gasteiger partial charge < -0.3 is 9.84 Å². The summed E-state index contributed by atoms with van der Waals surface area (Å²) in [5.74, 6) is 0. The molecule has 0 saturated carbocycles. The molecule has 0 amide bonds. The highest BCUT2D eigenvalue weighted by atomic mass is 32.2. The van der Waals surface area contributed by atoms with Gasteiger partial charge in [-0.05, 0) is 6.92 Å². The summed E-state index contributed by atoms with van der Waals surface area (Å²) < 4.78 is 32.8. The average Bonchev–Trinajstić information content (AvgIpc) is 2.30. The van der Waals surface area contributed by atoms with Crippen molar-refractivity contribution in [3.05, 3.63) is 0 Å². The highest BCUT2D eigenvalue weighted by Gasteiger charge is 2.36. The highest BCUT2D eigenvalue weighted by molar-refractivity contribution is 7.86. The van der Waals surface area contributed by atoms with Crippen molar-refractivity contribution >= 4 is 10.2 Å². The van der Waals surface area contributed by atoms with Gasteiger partial charge in [-0.15, -0.1) is 0 Å². The summed E-state index contributed by atoms with van der Waals surface area (Å²) in [6.45, 7) is 6.73. The number of rotatable bonds is 5. The lowest BCUT2D eigenvalue weighted by Gasteiger charge is -2.38. The van der Waals surface area contributed by atoms with E-state index in [2.05, 4.69) is 0 Å². The van der Waals surface area contributed by atoms with E-state index in [1.807, 2.05) is 20.8 Å². The van der Waals surface area contributed by atoms with E-state index in [0.717, 1.165) is 0 Å². The molecule has 0 aliphatic carbocycles. The van der Waals surface area contributed by atoms with E-state index >= 15 is 0 Å². The smallest absolute Gasteiger partial charge is 0.282 e. The minimum atomic E-state index is -3.44. The van der Waals surface area contributed by atoms with Gasteiger partial charge in [-0.1, -0.05) is 13.8 Å². The van der Waals surface area contributed by atoms with Crippen LogP contribution in [0.5, 0.6) is 0 Å². The summed E-state index contributed by atoms with van der Waals surface area (Å²) in [7, 11) is -3.44. The molecule has 1 saturated heterocycles. The zero-order chi connectivity index (χ0) is 13.1. The molecule has 1 aliphatic rings. The van der Waals surface area contributed by atoms with Crippen LogP contribution in [-0.2, 0) is 14.9 Å². The molecule has 102 valence electrons. The Labute approximate surface area is 103 Å². The quantitative estimate of drug-likeness (QED) is 0.739. The van der Waals surface area contributed by atoms with E-state index < -0.39 is 16.3 Å². The van der Waals surface area contributed by atoms with Crippen LogP contribution in [-0.4, -0.2) is 67.1 Å². The Morgan fingerprint density at radius 2 is 2.00 bits per heavy atom. The van der Waals surface area contributed by atoms with Crippen LogP contribution in [0.3, 0.4) is 0 Å². The first-order valence-corrected chi connectivity index (χ1v) is 7.36. The Bertz CT molecular complexity index is 329. The van der Waals surface area contributed by atoms with Crippen LogP contribution < -0.4 is 0 Å². The lowest BCUT2D eigenvalue weighted by molar-refractivity contribution is -0.0530. The molecule has 2 atom stereocenters. The van der Waals surface area contributed by atoms with Crippen molar-refractivity contribution in [1.29, 1.82) is 0 Å². The lowest BCUT2D eigenvalue weighted by atomic mass is 10.2. The van der Waals surface area contributed by atoms with E-state index in [9.17, 15) is 8.42 Å². The number of aliphatic hydroxyl groups is 1. The van der Waals surface area contributed by atoms with Crippen LogP contribution in [0, 0.1) is 0 Å². The number of hydrogen-bond acceptors (Lipinski definition) is 4. The van der Waals surface area contributed by atoms with Gasteiger partial charge in [0.2, 0.25) is 0 Å². The molecule has 2 unspecified atom stereocenters. The second-order valence-corrected chi connectivity index (χ2v) is 6.03. The summed E-state index contributed by atoms with van der Waals surface area (Å²) in [5.41, 5.74) is 0. The molecule has 1 N–H and O–H groups in total. The average molecular weight is 266 g/mol. The number of aliphatic hydroxyl groups excluding tert-OH is 1. The Kier molecular flexibility index (Phi) is 5.33. The Hall–Kier alpha value is -0.210. The summed E-state index contributed by atoms with van der Waals surface area (Å²) in [6.07, 6.45) is -0.420. The Balaban J connectivity index is 2.88. The molecule has 0 bridgehead atoms. The third-order valence-electron chi connectivity index (χ3n) is 2.98. The van der Waals surface area contributed by atoms with Crippen LogP contribution in [0.2, 0.25) is 0 Å². The van der Waals surface area contributed by atoms with Crippen LogP contribution in [0.15, 0.2) is 0 Å². The van der Waals surface area contributed by atoms with Crippen LogP contribution in [0.25, 0.3) is 0 Å². The molecule has 0 radical (unpaired) electrons. The molecule has 6 nitrogen and oxygen atoms in total. The van der Waals surface area contributed by atoms with Crippen LogP contribution >= 0.6 is 0 Å². The largest absolute Gasteiger partial charge is 0.394 e. The van der Waals surface area contributed by atoms with Gasteiger partial charge in [0.15, 0.2) is 0 Å². The van der Waals surface area contributed by atoms with E-state index in [4.69, 9.17) is 9.84 Å². The summed E-state index contributed by atoms with van der Waals surface area (Å²) in [4.78, 5) is 0. The van der Waals surface area contributed by atoms with Crippen molar-refractivity contribution in [2.75, 3.05) is 32.8 Å². The summed E-state index contributed by atoms with van der Waals surface area (Å²) in [6, 6.07) is -0.191. The van der Waals surface area contributed by atoms with Gasteiger partial charge in [0.1, 0.15) is 0 Å². The van der Waals surface area contributed by atoms with Crippen LogP contribution in [0.1, 0.15) is 20.8 Å². The minimum absolute atomic E-state index is 0.156. The highest BCUT2D eigenvalue weighted by Crippen LogP contribution is 2.18. The molecular weight excluding hydrogens is 244 g/mol. The second kappa shape index (κ2) is 6.10. The second-order valence-electron chi connectivity index (χ2n) is 4.15. The Morgan fingerprint density at radius 1 is 1.41 bits per heavy atom. The van der Waals surface area contributed by atoms with Crippen molar-refractivity contribution in [2.24, 2.45) is 0 Å². The Morgan fingerprint density at radius 3 is 2.47 bits per heavy atom. The van der Waals surface area contributed by atoms with Gasteiger partial charge in [-0.25, -0.2) is 0 Å². The molecule has 0 aromatic rings. The van der Waals surface area contributed by atoms with Gasteiger partial charge in [-0.3, -0.25) is 0 Å². The first-order valence-electron chi connectivity index (χ1n) is 5.96. The molecule has 17 heavy (non-hydrogen) atoms. The maximum atomic E-state index is 12.3. The number of morpholine rings is 1. The topological polar surface area (TPSA) is 70.1 Å². The first kappa shape index (κ1) is 14.8. The zero-order valence-corrected chi connectivity index (χ0v) is 11.5. The van der Waals surface area contributed by atoms with Gasteiger partial charge >= 0.3 is 0 Å². The van der Waals surface area contributed by atoms with Gasteiger partial charge in [0, 0.05) is 25.7 Å². The van der Waals surface area contributed by atoms with Crippen molar-refractivity contribution in [3.63, 3.8) is 0 Å². The van der Waals surface area contributed by atoms with Gasteiger partial charge in [-0.2, -0.15) is 17.0 Å². The fraction of sp³-hybridized carbons (Fsp3) is 1.00. The monoisotopic (exact) mass is 266 g/mol. The SMILES string of the molecule is CCN(CC)S(=O)(=O)N1CC(CO)OCC1C.